The molecule has 4 rings (SSSR count). The summed E-state index contributed by atoms with van der Waals surface area (Å²) in [6.07, 6.45) is 15.4. The zero-order valence-corrected chi connectivity index (χ0v) is 15.0. The lowest BCUT2D eigenvalue weighted by Crippen LogP contribution is -2.53. The fourth-order valence-corrected chi connectivity index (χ4v) is 7.18. The van der Waals surface area contributed by atoms with Crippen LogP contribution in [0.5, 0.6) is 0 Å². The summed E-state index contributed by atoms with van der Waals surface area (Å²) in [7, 11) is 0. The lowest BCUT2D eigenvalue weighted by atomic mass is 9.46. The van der Waals surface area contributed by atoms with Crippen LogP contribution in [0.2, 0.25) is 0 Å². The number of carbonyl (C=O) groups excluding carboxylic acids is 1. The molecule has 3 saturated carbocycles. The predicted octanol–water partition coefficient (Wildman–Crippen LogP) is 5.13. The molecule has 7 unspecified atom stereocenters. The summed E-state index contributed by atoms with van der Waals surface area (Å²) in [6, 6.07) is 0. The van der Waals surface area contributed by atoms with Crippen molar-refractivity contribution in [3.8, 4) is 0 Å². The van der Waals surface area contributed by atoms with E-state index in [1.807, 2.05) is 0 Å². The Morgan fingerprint density at radius 1 is 1.00 bits per heavy atom. The van der Waals surface area contributed by atoms with E-state index in [2.05, 4.69) is 26.0 Å². The molecular formula is C21H32O2. The second-order valence-corrected chi connectivity index (χ2v) is 9.29. The molecule has 0 spiro atoms. The topological polar surface area (TPSA) is 26.3 Å². The second-order valence-electron chi connectivity index (χ2n) is 9.29. The van der Waals surface area contributed by atoms with Crippen LogP contribution in [-0.2, 0) is 9.53 Å². The predicted molar refractivity (Wildman–Crippen MR) is 91.8 cm³/mol. The van der Waals surface area contributed by atoms with Crippen LogP contribution in [0.15, 0.2) is 12.2 Å². The van der Waals surface area contributed by atoms with Gasteiger partial charge in [-0.25, -0.2) is 0 Å². The molecule has 0 radical (unpaired) electrons. The summed E-state index contributed by atoms with van der Waals surface area (Å²) < 4.78 is 5.75. The van der Waals surface area contributed by atoms with E-state index >= 15 is 0 Å². The van der Waals surface area contributed by atoms with Crippen molar-refractivity contribution in [3.63, 3.8) is 0 Å². The fourth-order valence-electron chi connectivity index (χ4n) is 7.18. The minimum Gasteiger partial charge on any atom is -0.462 e. The lowest BCUT2D eigenvalue weighted by molar-refractivity contribution is -0.159. The summed E-state index contributed by atoms with van der Waals surface area (Å²) in [6.45, 7) is 6.58. The molecule has 0 aromatic heterocycles. The molecule has 2 heteroatoms. The van der Waals surface area contributed by atoms with Crippen molar-refractivity contribution in [2.45, 2.75) is 78.2 Å². The summed E-state index contributed by atoms with van der Waals surface area (Å²) in [5.74, 6) is 3.34. The van der Waals surface area contributed by atoms with Crippen LogP contribution >= 0.6 is 0 Å². The number of esters is 1. The highest BCUT2D eigenvalue weighted by atomic mass is 16.5. The van der Waals surface area contributed by atoms with Crippen LogP contribution in [-0.4, -0.2) is 12.1 Å². The van der Waals surface area contributed by atoms with Gasteiger partial charge in [-0.3, -0.25) is 4.79 Å². The van der Waals surface area contributed by atoms with Crippen LogP contribution in [0.25, 0.3) is 0 Å². The van der Waals surface area contributed by atoms with Crippen LogP contribution in [0.1, 0.15) is 72.1 Å². The minimum absolute atomic E-state index is 0.0907. The van der Waals surface area contributed by atoms with Gasteiger partial charge in [0.1, 0.15) is 6.10 Å². The number of hydrogen-bond acceptors (Lipinski definition) is 2. The van der Waals surface area contributed by atoms with Crippen LogP contribution in [0.3, 0.4) is 0 Å². The van der Waals surface area contributed by atoms with E-state index in [0.717, 1.165) is 30.1 Å². The lowest BCUT2D eigenvalue weighted by Gasteiger charge is -2.59. The van der Waals surface area contributed by atoms with E-state index in [1.54, 1.807) is 6.92 Å². The van der Waals surface area contributed by atoms with Gasteiger partial charge in [-0.05, 0) is 80.5 Å². The molecule has 2 nitrogen and oxygen atoms in total. The molecule has 4 aliphatic carbocycles. The number of ether oxygens (including phenoxy) is 1. The molecule has 0 aromatic rings. The molecule has 7 atom stereocenters. The Kier molecular flexibility index (Phi) is 3.66. The normalized spacial score (nSPS) is 51.5. The Bertz CT molecular complexity index is 524. The zero-order chi connectivity index (χ0) is 16.2. The Labute approximate surface area is 141 Å². The number of carbonyl (C=O) groups is 1. The first-order valence-corrected chi connectivity index (χ1v) is 9.77. The Hall–Kier alpha value is -0.790. The molecule has 0 N–H and O–H groups in total. The van der Waals surface area contributed by atoms with Crippen molar-refractivity contribution >= 4 is 5.97 Å². The van der Waals surface area contributed by atoms with E-state index in [1.165, 1.54) is 44.9 Å². The van der Waals surface area contributed by atoms with Crippen molar-refractivity contribution in [3.05, 3.63) is 12.2 Å². The Morgan fingerprint density at radius 2 is 1.78 bits per heavy atom. The van der Waals surface area contributed by atoms with Gasteiger partial charge in [0.15, 0.2) is 0 Å². The van der Waals surface area contributed by atoms with E-state index in [-0.39, 0.29) is 17.5 Å². The van der Waals surface area contributed by atoms with Crippen LogP contribution in [0, 0.1) is 34.5 Å². The third-order valence-corrected chi connectivity index (χ3v) is 8.43. The molecule has 0 aliphatic heterocycles. The first-order valence-electron chi connectivity index (χ1n) is 9.77. The van der Waals surface area contributed by atoms with Gasteiger partial charge in [0.05, 0.1) is 0 Å². The van der Waals surface area contributed by atoms with E-state index in [9.17, 15) is 4.79 Å². The minimum atomic E-state index is -0.0907. The first-order chi connectivity index (χ1) is 10.9. The standard InChI is InChI=1S/C21H32O2/c1-14(22)23-19-10-9-17-16-8-7-15-6-4-5-12-20(15,2)18(16)11-13-21(17,19)3/h4-5,15-19H,6-13H2,1-3H3. The third kappa shape index (κ3) is 2.23. The van der Waals surface area contributed by atoms with Gasteiger partial charge in [0.25, 0.3) is 0 Å². The van der Waals surface area contributed by atoms with Crippen molar-refractivity contribution in [1.29, 1.82) is 0 Å². The molecule has 23 heavy (non-hydrogen) atoms. The van der Waals surface area contributed by atoms with Gasteiger partial charge >= 0.3 is 5.97 Å². The van der Waals surface area contributed by atoms with Gasteiger partial charge in [0, 0.05) is 12.3 Å². The summed E-state index contributed by atoms with van der Waals surface area (Å²) in [5.41, 5.74) is 0.763. The van der Waals surface area contributed by atoms with Gasteiger partial charge in [-0.15, -0.1) is 0 Å². The maximum atomic E-state index is 11.5. The average Bonchev–Trinajstić information content (AvgIpc) is 2.83. The van der Waals surface area contributed by atoms with Crippen LogP contribution < -0.4 is 0 Å². The van der Waals surface area contributed by atoms with Gasteiger partial charge in [0.2, 0.25) is 0 Å². The molecular weight excluding hydrogens is 284 g/mol. The van der Waals surface area contributed by atoms with E-state index in [0.29, 0.717) is 5.41 Å². The number of rotatable bonds is 1. The highest BCUT2D eigenvalue weighted by Crippen LogP contribution is 2.65. The second kappa shape index (κ2) is 5.36. The molecule has 0 heterocycles. The highest BCUT2D eigenvalue weighted by Gasteiger charge is 2.60. The van der Waals surface area contributed by atoms with Gasteiger partial charge < -0.3 is 4.74 Å². The van der Waals surface area contributed by atoms with E-state index < -0.39 is 0 Å². The molecule has 0 bridgehead atoms. The molecule has 0 aromatic carbocycles. The van der Waals surface area contributed by atoms with Gasteiger partial charge in [-0.1, -0.05) is 26.0 Å². The summed E-state index contributed by atoms with van der Waals surface area (Å²) >= 11 is 0. The fraction of sp³-hybridized carbons (Fsp3) is 0.857. The van der Waals surface area contributed by atoms with Crippen molar-refractivity contribution in [2.75, 3.05) is 0 Å². The van der Waals surface area contributed by atoms with Gasteiger partial charge in [-0.2, -0.15) is 0 Å². The highest BCUT2D eigenvalue weighted by molar-refractivity contribution is 5.66. The number of allylic oxidation sites excluding steroid dienone is 2. The molecule has 128 valence electrons. The SMILES string of the molecule is CC(=O)OC1CCC2C3CCC4CC=CCC4(C)C3CCC12C. The van der Waals surface area contributed by atoms with E-state index in [4.69, 9.17) is 4.74 Å². The number of fused-ring (bicyclic) bond motifs is 5. The van der Waals surface area contributed by atoms with Crippen molar-refractivity contribution in [2.24, 2.45) is 34.5 Å². The molecule has 3 fully saturated rings. The summed E-state index contributed by atoms with van der Waals surface area (Å²) in [4.78, 5) is 11.5. The quantitative estimate of drug-likeness (QED) is 0.495. The maximum absolute atomic E-state index is 11.5. The third-order valence-electron chi connectivity index (χ3n) is 8.43. The zero-order valence-electron chi connectivity index (χ0n) is 15.0. The van der Waals surface area contributed by atoms with Crippen molar-refractivity contribution < 1.29 is 9.53 Å². The molecule has 4 aliphatic rings. The largest absolute Gasteiger partial charge is 0.462 e. The maximum Gasteiger partial charge on any atom is 0.302 e. The van der Waals surface area contributed by atoms with Crippen molar-refractivity contribution in [1.82, 2.24) is 0 Å². The monoisotopic (exact) mass is 316 g/mol. The Balaban J connectivity index is 1.60. The van der Waals surface area contributed by atoms with Crippen LogP contribution in [0.4, 0.5) is 0 Å². The Morgan fingerprint density at radius 3 is 2.57 bits per heavy atom. The molecule has 0 amide bonds. The molecule has 0 saturated heterocycles. The summed E-state index contributed by atoms with van der Waals surface area (Å²) in [5, 5.41) is 0. The first kappa shape index (κ1) is 15.7. The average molecular weight is 316 g/mol. The smallest absolute Gasteiger partial charge is 0.302 e. The number of hydrogen-bond donors (Lipinski definition) is 0.